The van der Waals surface area contributed by atoms with Gasteiger partial charge in [-0.25, -0.2) is 4.57 Å². The highest BCUT2D eigenvalue weighted by Gasteiger charge is 2.39. The van der Waals surface area contributed by atoms with Gasteiger partial charge in [0, 0.05) is 24.2 Å². The Balaban J connectivity index is 2.54. The normalized spacial score (nSPS) is 21.0. The Bertz CT molecular complexity index is 1110. The zero-order chi connectivity index (χ0) is 27.6. The van der Waals surface area contributed by atoms with Gasteiger partial charge in [0.05, 0.1) is 0 Å². The SMILES string of the molecule is COP1(=O)Oc2cc(c(C(C)(C)C)cc2C(C)(C)C)C(C)c2cc(c(C(C)(C)C)cc2C(C)(C)C)O1. The van der Waals surface area contributed by atoms with Crippen LogP contribution >= 0.6 is 7.82 Å². The van der Waals surface area contributed by atoms with E-state index in [0.29, 0.717) is 11.5 Å². The molecule has 36 heavy (non-hydrogen) atoms. The second-order valence-electron chi connectivity index (χ2n) is 14.4. The zero-order valence-corrected chi connectivity index (χ0v) is 25.9. The molecule has 0 aromatic heterocycles. The van der Waals surface area contributed by atoms with Crippen molar-refractivity contribution in [1.82, 2.24) is 0 Å². The minimum atomic E-state index is -3.96. The average Bonchev–Trinajstić information content (AvgIpc) is 2.68. The number of rotatable bonds is 1. The third-order valence-corrected chi connectivity index (χ3v) is 8.40. The number of phosphoric acid groups is 1. The van der Waals surface area contributed by atoms with Gasteiger partial charge in [0.15, 0.2) is 0 Å². The van der Waals surface area contributed by atoms with Gasteiger partial charge in [-0.1, -0.05) is 102 Å². The van der Waals surface area contributed by atoms with E-state index in [0.717, 1.165) is 11.1 Å². The van der Waals surface area contributed by atoms with Gasteiger partial charge in [-0.15, -0.1) is 0 Å². The van der Waals surface area contributed by atoms with E-state index in [-0.39, 0.29) is 27.6 Å². The molecule has 1 aliphatic heterocycles. The molecule has 0 radical (unpaired) electrons. The Kier molecular flexibility index (Phi) is 7.13. The molecule has 0 saturated carbocycles. The summed E-state index contributed by atoms with van der Waals surface area (Å²) in [5.74, 6) is 1.19. The molecule has 0 aliphatic carbocycles. The Morgan fingerprint density at radius 2 is 0.917 bits per heavy atom. The van der Waals surface area contributed by atoms with Crippen molar-refractivity contribution in [2.75, 3.05) is 7.11 Å². The largest absolute Gasteiger partial charge is 0.587 e. The molecule has 5 heteroatoms. The van der Waals surface area contributed by atoms with Gasteiger partial charge in [0.1, 0.15) is 11.5 Å². The van der Waals surface area contributed by atoms with Crippen LogP contribution in [0.5, 0.6) is 11.5 Å². The van der Waals surface area contributed by atoms with Crippen LogP contribution in [0.25, 0.3) is 0 Å². The molecule has 0 unspecified atom stereocenters. The highest BCUT2D eigenvalue weighted by molar-refractivity contribution is 7.49. The second kappa shape index (κ2) is 8.91. The standard InChI is InChI=1S/C31H47O4P/c1-19-20-15-26(24(30(8,9)10)17-22(20)28(2,3)4)34-36(32,33-14)35-27-16-21(19)23(29(5,6)7)18-25(27)31(11,12)13/h15-19H,1-14H3. The summed E-state index contributed by atoms with van der Waals surface area (Å²) in [6, 6.07) is 8.64. The van der Waals surface area contributed by atoms with Crippen LogP contribution in [0.1, 0.15) is 129 Å². The molecule has 0 spiro atoms. The average molecular weight is 515 g/mol. The van der Waals surface area contributed by atoms with Crippen LogP contribution in [0.15, 0.2) is 24.3 Å². The highest BCUT2D eigenvalue weighted by Crippen LogP contribution is 2.56. The molecule has 2 aromatic carbocycles. The van der Waals surface area contributed by atoms with Crippen LogP contribution in [0.4, 0.5) is 0 Å². The van der Waals surface area contributed by atoms with E-state index < -0.39 is 7.82 Å². The predicted octanol–water partition coefficient (Wildman–Crippen LogP) is 9.55. The smallest absolute Gasteiger partial charge is 0.395 e. The van der Waals surface area contributed by atoms with Crippen LogP contribution in [0.3, 0.4) is 0 Å². The summed E-state index contributed by atoms with van der Waals surface area (Å²) in [5.41, 5.74) is 6.20. The van der Waals surface area contributed by atoms with Gasteiger partial charge in [-0.2, -0.15) is 0 Å². The first kappa shape index (κ1) is 28.8. The fourth-order valence-electron chi connectivity index (χ4n) is 5.03. The summed E-state index contributed by atoms with van der Waals surface area (Å²) in [4.78, 5) is 0. The molecule has 3 rings (SSSR count). The summed E-state index contributed by atoms with van der Waals surface area (Å²) >= 11 is 0. The van der Waals surface area contributed by atoms with Gasteiger partial charge in [-0.05, 0) is 56.0 Å². The van der Waals surface area contributed by atoms with Crippen LogP contribution < -0.4 is 9.05 Å². The van der Waals surface area contributed by atoms with Crippen LogP contribution in [-0.2, 0) is 30.7 Å². The van der Waals surface area contributed by atoms with Crippen molar-refractivity contribution in [2.45, 2.75) is 118 Å². The van der Waals surface area contributed by atoms with Gasteiger partial charge in [-0.3, -0.25) is 4.52 Å². The topological polar surface area (TPSA) is 44.8 Å². The molecule has 1 aliphatic rings. The fourth-order valence-corrected chi connectivity index (χ4v) is 6.00. The number of phosphoric ester groups is 1. The Morgan fingerprint density at radius 3 is 1.17 bits per heavy atom. The molecule has 200 valence electrons. The molecule has 0 amide bonds. The summed E-state index contributed by atoms with van der Waals surface area (Å²) in [6.07, 6.45) is 0. The maximum atomic E-state index is 14.0. The fraction of sp³-hybridized carbons (Fsp3) is 0.613. The van der Waals surface area contributed by atoms with Crippen molar-refractivity contribution >= 4 is 7.82 Å². The van der Waals surface area contributed by atoms with Gasteiger partial charge in [0.25, 0.3) is 0 Å². The molecular weight excluding hydrogens is 467 g/mol. The summed E-state index contributed by atoms with van der Waals surface area (Å²) in [7, 11) is -2.57. The molecule has 2 aromatic rings. The summed E-state index contributed by atoms with van der Waals surface area (Å²) in [6.45, 7) is 28.6. The molecule has 0 fully saturated rings. The summed E-state index contributed by atoms with van der Waals surface area (Å²) in [5, 5.41) is 0. The molecule has 0 saturated heterocycles. The van der Waals surface area contributed by atoms with Crippen LogP contribution in [0.2, 0.25) is 0 Å². The lowest BCUT2D eigenvalue weighted by Crippen LogP contribution is -2.24. The van der Waals surface area contributed by atoms with Crippen molar-refractivity contribution in [1.29, 1.82) is 0 Å². The lowest BCUT2D eigenvalue weighted by Gasteiger charge is -2.36. The quantitative estimate of drug-likeness (QED) is 0.355. The number of benzene rings is 2. The zero-order valence-electron chi connectivity index (χ0n) is 25.0. The summed E-state index contributed by atoms with van der Waals surface area (Å²) < 4.78 is 31.9. The van der Waals surface area contributed by atoms with Gasteiger partial charge in [0.2, 0.25) is 0 Å². The lowest BCUT2D eigenvalue weighted by atomic mass is 9.71. The monoisotopic (exact) mass is 514 g/mol. The maximum Gasteiger partial charge on any atom is 0.587 e. The Hall–Kier alpha value is -1.77. The minimum absolute atomic E-state index is 0.0706. The first-order valence-electron chi connectivity index (χ1n) is 13.0. The minimum Gasteiger partial charge on any atom is -0.395 e. The Morgan fingerprint density at radius 1 is 0.611 bits per heavy atom. The van der Waals surface area contributed by atoms with Crippen molar-refractivity contribution in [3.63, 3.8) is 0 Å². The lowest BCUT2D eigenvalue weighted by molar-refractivity contribution is 0.246. The molecular formula is C31H47O4P. The molecule has 4 bridgehead atoms. The maximum absolute atomic E-state index is 14.0. The Labute approximate surface area is 219 Å². The van der Waals surface area contributed by atoms with E-state index in [4.69, 9.17) is 13.6 Å². The van der Waals surface area contributed by atoms with Gasteiger partial charge < -0.3 is 9.05 Å². The van der Waals surface area contributed by atoms with Crippen LogP contribution in [-0.4, -0.2) is 7.11 Å². The third kappa shape index (κ3) is 5.55. The molecule has 1 heterocycles. The van der Waals surface area contributed by atoms with E-state index >= 15 is 0 Å². The van der Waals surface area contributed by atoms with E-state index in [9.17, 15) is 4.57 Å². The third-order valence-electron chi connectivity index (χ3n) is 7.11. The van der Waals surface area contributed by atoms with E-state index in [1.54, 1.807) is 0 Å². The predicted molar refractivity (Wildman–Crippen MR) is 151 cm³/mol. The second-order valence-corrected chi connectivity index (χ2v) is 16.0. The number of hydrogen-bond donors (Lipinski definition) is 0. The first-order valence-corrected chi connectivity index (χ1v) is 14.5. The number of hydrogen-bond acceptors (Lipinski definition) is 4. The van der Waals surface area contributed by atoms with Crippen molar-refractivity contribution in [3.8, 4) is 11.5 Å². The molecule has 0 atom stereocenters. The van der Waals surface area contributed by atoms with Crippen molar-refractivity contribution < 1.29 is 18.1 Å². The number of fused-ring (bicyclic) bond motifs is 4. The molecule has 4 nitrogen and oxygen atoms in total. The first-order chi connectivity index (χ1) is 16.1. The van der Waals surface area contributed by atoms with Gasteiger partial charge >= 0.3 is 7.82 Å². The van der Waals surface area contributed by atoms with Crippen molar-refractivity contribution in [2.24, 2.45) is 0 Å². The highest BCUT2D eigenvalue weighted by atomic mass is 31.2. The molecule has 0 N–H and O–H groups in total. The van der Waals surface area contributed by atoms with Crippen LogP contribution in [0, 0.1) is 0 Å². The van der Waals surface area contributed by atoms with E-state index in [1.165, 1.54) is 29.4 Å². The van der Waals surface area contributed by atoms with E-state index in [2.05, 4.69) is 114 Å². The van der Waals surface area contributed by atoms with Crippen molar-refractivity contribution in [3.05, 3.63) is 57.6 Å². The van der Waals surface area contributed by atoms with E-state index in [1.807, 2.05) is 0 Å².